The van der Waals surface area contributed by atoms with Gasteiger partial charge in [-0.3, -0.25) is 4.79 Å². The lowest BCUT2D eigenvalue weighted by molar-refractivity contribution is -0.136. The minimum Gasteiger partial charge on any atom is -0.398 e. The van der Waals surface area contributed by atoms with Gasteiger partial charge in [0, 0.05) is 15.7 Å². The normalized spacial score (nSPS) is 11.5. The Hall–Kier alpha value is -1.04. The molecule has 1 rings (SSSR count). The van der Waals surface area contributed by atoms with Crippen molar-refractivity contribution < 1.29 is 18.0 Å². The van der Waals surface area contributed by atoms with Crippen molar-refractivity contribution in [2.75, 3.05) is 5.73 Å². The third kappa shape index (κ3) is 2.50. The molecule has 0 saturated heterocycles. The molecule has 0 bridgehead atoms. The molecule has 0 saturated carbocycles. The average molecular weight is 282 g/mol. The van der Waals surface area contributed by atoms with Crippen LogP contribution in [-0.4, -0.2) is 5.78 Å². The summed E-state index contributed by atoms with van der Waals surface area (Å²) in [6, 6.07) is 1.83. The third-order valence-corrected chi connectivity index (χ3v) is 2.48. The summed E-state index contributed by atoms with van der Waals surface area (Å²) >= 11 is 2.90. The minimum atomic E-state index is -4.51. The van der Waals surface area contributed by atoms with E-state index < -0.39 is 17.4 Å². The van der Waals surface area contributed by atoms with Crippen LogP contribution in [0, 0.1) is 0 Å². The molecule has 0 aromatic heterocycles. The molecule has 0 heterocycles. The van der Waals surface area contributed by atoms with Gasteiger partial charge in [-0.2, -0.15) is 13.2 Å². The summed E-state index contributed by atoms with van der Waals surface area (Å²) in [5.74, 6) is -0.345. The zero-order chi connectivity index (χ0) is 11.8. The van der Waals surface area contributed by atoms with Crippen LogP contribution < -0.4 is 5.73 Å². The molecule has 6 heteroatoms. The van der Waals surface area contributed by atoms with Gasteiger partial charge in [-0.25, -0.2) is 0 Å². The Morgan fingerprint density at radius 3 is 2.33 bits per heavy atom. The molecule has 0 aliphatic rings. The van der Waals surface area contributed by atoms with Crippen molar-refractivity contribution in [1.29, 1.82) is 0 Å². The Morgan fingerprint density at radius 2 is 1.93 bits per heavy atom. The first-order valence-electron chi connectivity index (χ1n) is 3.90. The number of carbonyl (C=O) groups excluding carboxylic acids is 1. The lowest BCUT2D eigenvalue weighted by Gasteiger charge is -2.12. The Kier molecular flexibility index (Phi) is 3.08. The van der Waals surface area contributed by atoms with Gasteiger partial charge < -0.3 is 5.73 Å². The molecule has 2 nitrogen and oxygen atoms in total. The zero-order valence-corrected chi connectivity index (χ0v) is 9.24. The summed E-state index contributed by atoms with van der Waals surface area (Å²) in [5, 5.41) is 0. The van der Waals surface area contributed by atoms with Crippen molar-refractivity contribution in [2.45, 2.75) is 13.1 Å². The number of alkyl halides is 3. The molecule has 0 amide bonds. The number of hydrogen-bond donors (Lipinski definition) is 1. The first-order chi connectivity index (χ1) is 6.73. The molecule has 0 unspecified atom stereocenters. The van der Waals surface area contributed by atoms with Gasteiger partial charge in [-0.15, -0.1) is 0 Å². The summed E-state index contributed by atoms with van der Waals surface area (Å²) in [6.45, 7) is 1.26. The molecule has 1 aromatic carbocycles. The SMILES string of the molecule is CC(=O)c1cc(N)c(C(F)(F)F)cc1Br. The van der Waals surface area contributed by atoms with Gasteiger partial charge in [0.1, 0.15) is 0 Å². The summed E-state index contributed by atoms with van der Waals surface area (Å²) in [4.78, 5) is 11.0. The van der Waals surface area contributed by atoms with Gasteiger partial charge in [0.2, 0.25) is 0 Å². The van der Waals surface area contributed by atoms with E-state index in [1.807, 2.05) is 0 Å². The number of nitrogen functional groups attached to an aromatic ring is 1. The van der Waals surface area contributed by atoms with Crippen molar-refractivity contribution in [3.63, 3.8) is 0 Å². The molecule has 1 aromatic rings. The highest BCUT2D eigenvalue weighted by Crippen LogP contribution is 2.36. The number of anilines is 1. The standard InChI is InChI=1S/C9H7BrF3NO/c1-4(15)5-2-8(14)6(3-7(5)10)9(11,12)13/h2-3H,14H2,1H3. The van der Waals surface area contributed by atoms with Crippen LogP contribution in [0.3, 0.4) is 0 Å². The Bertz CT molecular complexity index is 415. The topological polar surface area (TPSA) is 43.1 Å². The van der Waals surface area contributed by atoms with Crippen LogP contribution >= 0.6 is 15.9 Å². The molecule has 0 spiro atoms. The number of halogens is 4. The van der Waals surface area contributed by atoms with Gasteiger partial charge >= 0.3 is 6.18 Å². The van der Waals surface area contributed by atoms with Crippen LogP contribution in [0.4, 0.5) is 18.9 Å². The largest absolute Gasteiger partial charge is 0.418 e. The maximum absolute atomic E-state index is 12.4. The van der Waals surface area contributed by atoms with E-state index in [9.17, 15) is 18.0 Å². The van der Waals surface area contributed by atoms with Crippen LogP contribution in [0.5, 0.6) is 0 Å². The Balaban J connectivity index is 3.39. The van der Waals surface area contributed by atoms with E-state index in [1.165, 1.54) is 6.92 Å². The van der Waals surface area contributed by atoms with Crippen LogP contribution in [-0.2, 0) is 6.18 Å². The van der Waals surface area contributed by atoms with E-state index in [1.54, 1.807) is 0 Å². The molecule has 0 atom stereocenters. The molecule has 82 valence electrons. The molecule has 15 heavy (non-hydrogen) atoms. The molecule has 0 aliphatic carbocycles. The highest BCUT2D eigenvalue weighted by molar-refractivity contribution is 9.10. The highest BCUT2D eigenvalue weighted by atomic mass is 79.9. The molecule has 0 aliphatic heterocycles. The van der Waals surface area contributed by atoms with Gasteiger partial charge in [0.15, 0.2) is 5.78 Å². The molecule has 2 N–H and O–H groups in total. The lowest BCUT2D eigenvalue weighted by Crippen LogP contribution is -2.10. The fraction of sp³-hybridized carbons (Fsp3) is 0.222. The van der Waals surface area contributed by atoms with Gasteiger partial charge in [-0.1, -0.05) is 15.9 Å². The molecular formula is C9H7BrF3NO. The second-order valence-electron chi connectivity index (χ2n) is 2.97. The molecular weight excluding hydrogens is 275 g/mol. The number of hydrogen-bond acceptors (Lipinski definition) is 2. The number of rotatable bonds is 1. The van der Waals surface area contributed by atoms with Gasteiger partial charge in [0.25, 0.3) is 0 Å². The number of benzene rings is 1. The summed E-state index contributed by atoms with van der Waals surface area (Å²) in [5.41, 5.74) is 3.97. The van der Waals surface area contributed by atoms with Crippen molar-refractivity contribution in [1.82, 2.24) is 0 Å². The number of Topliss-reactive ketones (excluding diaryl/α,β-unsaturated/α-hetero) is 1. The second-order valence-corrected chi connectivity index (χ2v) is 3.83. The Morgan fingerprint density at radius 1 is 1.40 bits per heavy atom. The average Bonchev–Trinajstić information content (AvgIpc) is 2.06. The van der Waals surface area contributed by atoms with E-state index in [2.05, 4.69) is 15.9 Å². The summed E-state index contributed by atoms with van der Waals surface area (Å²) in [7, 11) is 0. The number of nitrogens with two attached hydrogens (primary N) is 1. The van der Waals surface area contributed by atoms with Crippen LogP contribution in [0.25, 0.3) is 0 Å². The first-order valence-corrected chi connectivity index (χ1v) is 4.70. The van der Waals surface area contributed by atoms with Gasteiger partial charge in [-0.05, 0) is 19.1 Å². The maximum atomic E-state index is 12.4. The maximum Gasteiger partial charge on any atom is 0.418 e. The van der Waals surface area contributed by atoms with Gasteiger partial charge in [0.05, 0.1) is 5.56 Å². The Labute approximate surface area is 92.4 Å². The van der Waals surface area contributed by atoms with E-state index in [-0.39, 0.29) is 15.8 Å². The van der Waals surface area contributed by atoms with Crippen LogP contribution in [0.2, 0.25) is 0 Å². The van der Waals surface area contributed by atoms with E-state index in [0.717, 1.165) is 12.1 Å². The van der Waals surface area contributed by atoms with E-state index in [4.69, 9.17) is 5.73 Å². The fourth-order valence-corrected chi connectivity index (χ4v) is 1.73. The van der Waals surface area contributed by atoms with Crippen molar-refractivity contribution >= 4 is 27.4 Å². The van der Waals surface area contributed by atoms with Crippen LogP contribution in [0.1, 0.15) is 22.8 Å². The summed E-state index contributed by atoms with van der Waals surface area (Å²) in [6.07, 6.45) is -4.51. The third-order valence-electron chi connectivity index (χ3n) is 1.82. The predicted octanol–water partition coefficient (Wildman–Crippen LogP) is 3.25. The lowest BCUT2D eigenvalue weighted by atomic mass is 10.1. The van der Waals surface area contributed by atoms with E-state index >= 15 is 0 Å². The zero-order valence-electron chi connectivity index (χ0n) is 7.65. The second kappa shape index (κ2) is 3.84. The van der Waals surface area contributed by atoms with Crippen LogP contribution in [0.15, 0.2) is 16.6 Å². The minimum absolute atomic E-state index is 0.0940. The summed E-state index contributed by atoms with van der Waals surface area (Å²) < 4.78 is 37.2. The quantitative estimate of drug-likeness (QED) is 0.634. The number of carbonyl (C=O) groups is 1. The first kappa shape index (κ1) is 12.0. The molecule has 0 radical (unpaired) electrons. The van der Waals surface area contributed by atoms with Crippen molar-refractivity contribution in [3.05, 3.63) is 27.7 Å². The van der Waals surface area contributed by atoms with Crippen molar-refractivity contribution in [2.24, 2.45) is 0 Å². The van der Waals surface area contributed by atoms with Crippen molar-refractivity contribution in [3.8, 4) is 0 Å². The predicted molar refractivity (Wildman–Crippen MR) is 53.6 cm³/mol. The van der Waals surface area contributed by atoms with E-state index in [0.29, 0.717) is 0 Å². The monoisotopic (exact) mass is 281 g/mol. The molecule has 0 fully saturated rings. The highest BCUT2D eigenvalue weighted by Gasteiger charge is 2.33. The number of ketones is 1. The fourth-order valence-electron chi connectivity index (χ4n) is 1.11. The smallest absolute Gasteiger partial charge is 0.398 e.